The molecular formula is C8H12N4O4S2. The number of nitrogens with zero attached hydrogens (tertiary/aromatic N) is 2. The van der Waals surface area contributed by atoms with Crippen LogP contribution in [0.3, 0.4) is 0 Å². The summed E-state index contributed by atoms with van der Waals surface area (Å²) in [5, 5.41) is 10.8. The molecule has 10 heteroatoms. The van der Waals surface area contributed by atoms with Crippen molar-refractivity contribution in [2.45, 2.75) is 17.1 Å². The van der Waals surface area contributed by atoms with Gasteiger partial charge in [0.1, 0.15) is 4.21 Å². The quantitative estimate of drug-likeness (QED) is 0.479. The van der Waals surface area contributed by atoms with E-state index in [1.54, 1.807) is 0 Å². The van der Waals surface area contributed by atoms with Crippen molar-refractivity contribution in [3.8, 4) is 0 Å². The molecule has 0 amide bonds. The van der Waals surface area contributed by atoms with E-state index in [-0.39, 0.29) is 14.9 Å². The van der Waals surface area contributed by atoms with Crippen LogP contribution < -0.4 is 11.3 Å². The average Bonchev–Trinajstić information content (AvgIpc) is 2.98. The summed E-state index contributed by atoms with van der Waals surface area (Å²) >= 11 is 0.774. The first-order chi connectivity index (χ1) is 8.46. The van der Waals surface area contributed by atoms with Gasteiger partial charge in [-0.05, 0) is 12.8 Å². The van der Waals surface area contributed by atoms with Gasteiger partial charge in [-0.2, -0.15) is 4.31 Å². The number of rotatable bonds is 4. The summed E-state index contributed by atoms with van der Waals surface area (Å²) in [5.74, 6) is 5.15. The van der Waals surface area contributed by atoms with Gasteiger partial charge in [0, 0.05) is 19.2 Å². The van der Waals surface area contributed by atoms with Gasteiger partial charge in [-0.1, -0.05) is 11.3 Å². The first-order valence-electron chi connectivity index (χ1n) is 5.22. The molecule has 2 rings (SSSR count). The zero-order valence-corrected chi connectivity index (χ0v) is 11.0. The SMILES string of the molecule is NNc1sc(S(=O)(=O)N2CCCC2)cc1[N+](=O)[O-]. The number of thiophene rings is 1. The van der Waals surface area contributed by atoms with Gasteiger partial charge in [0.05, 0.1) is 4.92 Å². The van der Waals surface area contributed by atoms with E-state index < -0.39 is 14.9 Å². The van der Waals surface area contributed by atoms with Gasteiger partial charge in [-0.15, -0.1) is 0 Å². The number of nitrogens with one attached hydrogen (secondary N) is 1. The van der Waals surface area contributed by atoms with Crippen molar-refractivity contribution in [2.24, 2.45) is 5.84 Å². The minimum Gasteiger partial charge on any atom is -0.310 e. The highest BCUT2D eigenvalue weighted by molar-refractivity contribution is 7.91. The molecule has 0 radical (unpaired) electrons. The van der Waals surface area contributed by atoms with Crippen LogP contribution in [0.5, 0.6) is 0 Å². The molecule has 2 heterocycles. The molecule has 0 unspecified atom stereocenters. The maximum Gasteiger partial charge on any atom is 0.306 e. The Balaban J connectivity index is 2.42. The van der Waals surface area contributed by atoms with Gasteiger partial charge < -0.3 is 5.43 Å². The molecule has 0 spiro atoms. The first-order valence-corrected chi connectivity index (χ1v) is 7.47. The number of nitrogens with two attached hydrogens (primary N) is 1. The van der Waals surface area contributed by atoms with Crippen LogP contribution in [0.25, 0.3) is 0 Å². The van der Waals surface area contributed by atoms with Crippen LogP contribution in [0.2, 0.25) is 0 Å². The molecule has 0 bridgehead atoms. The molecule has 1 fully saturated rings. The molecule has 1 aliphatic rings. The van der Waals surface area contributed by atoms with E-state index in [0.717, 1.165) is 30.2 Å². The smallest absolute Gasteiger partial charge is 0.306 e. The Hall–Kier alpha value is -1.23. The topological polar surface area (TPSA) is 119 Å². The lowest BCUT2D eigenvalue weighted by atomic mass is 10.4. The molecule has 0 aliphatic carbocycles. The third-order valence-corrected chi connectivity index (χ3v) is 6.08. The van der Waals surface area contributed by atoms with Crippen LogP contribution in [-0.4, -0.2) is 30.7 Å². The summed E-state index contributed by atoms with van der Waals surface area (Å²) in [6.45, 7) is 0.916. The van der Waals surface area contributed by atoms with Gasteiger partial charge in [0.2, 0.25) is 0 Å². The van der Waals surface area contributed by atoms with E-state index in [1.165, 1.54) is 4.31 Å². The number of hydrazine groups is 1. The predicted molar refractivity (Wildman–Crippen MR) is 66.8 cm³/mol. The van der Waals surface area contributed by atoms with Gasteiger partial charge >= 0.3 is 5.69 Å². The molecular weight excluding hydrogens is 280 g/mol. The molecule has 0 saturated carbocycles. The zero-order valence-electron chi connectivity index (χ0n) is 9.33. The van der Waals surface area contributed by atoms with Gasteiger partial charge in [0.25, 0.3) is 10.0 Å². The molecule has 0 aromatic carbocycles. The standard InChI is InChI=1S/C8H12N4O4S2/c9-10-8-6(12(13)14)5-7(17-8)18(15,16)11-3-1-2-4-11/h5,10H,1-4,9H2. The zero-order chi connectivity index (χ0) is 13.3. The molecule has 3 N–H and O–H groups in total. The number of nitro groups is 1. The summed E-state index contributed by atoms with van der Waals surface area (Å²) in [4.78, 5) is 10.1. The lowest BCUT2D eigenvalue weighted by Gasteiger charge is -2.13. The number of hydrogen-bond donors (Lipinski definition) is 2. The second kappa shape index (κ2) is 4.80. The lowest BCUT2D eigenvalue weighted by molar-refractivity contribution is -0.383. The molecule has 0 atom stereocenters. The number of anilines is 1. The molecule has 1 saturated heterocycles. The van der Waals surface area contributed by atoms with E-state index in [4.69, 9.17) is 5.84 Å². The summed E-state index contributed by atoms with van der Waals surface area (Å²) in [7, 11) is -3.63. The Morgan fingerprint density at radius 2 is 2.06 bits per heavy atom. The second-order valence-electron chi connectivity index (χ2n) is 3.79. The van der Waals surface area contributed by atoms with Crippen LogP contribution in [0.1, 0.15) is 12.8 Å². The van der Waals surface area contributed by atoms with Crippen molar-refractivity contribution in [2.75, 3.05) is 18.5 Å². The lowest BCUT2D eigenvalue weighted by Crippen LogP contribution is -2.27. The van der Waals surface area contributed by atoms with Crippen LogP contribution in [0.15, 0.2) is 10.3 Å². The number of hydrogen-bond acceptors (Lipinski definition) is 7. The minimum atomic E-state index is -3.63. The average molecular weight is 292 g/mol. The number of nitrogen functional groups attached to an aromatic ring is 1. The Morgan fingerprint density at radius 3 is 2.50 bits per heavy atom. The normalized spacial score (nSPS) is 16.9. The van der Waals surface area contributed by atoms with Gasteiger partial charge in [-0.25, -0.2) is 14.3 Å². The van der Waals surface area contributed by atoms with Crippen molar-refractivity contribution in [1.29, 1.82) is 0 Å². The van der Waals surface area contributed by atoms with Crippen molar-refractivity contribution in [1.82, 2.24) is 4.31 Å². The van der Waals surface area contributed by atoms with Crippen molar-refractivity contribution < 1.29 is 13.3 Å². The molecule has 100 valence electrons. The highest BCUT2D eigenvalue weighted by Gasteiger charge is 2.32. The maximum absolute atomic E-state index is 12.2. The van der Waals surface area contributed by atoms with E-state index in [2.05, 4.69) is 5.43 Å². The second-order valence-corrected chi connectivity index (χ2v) is 7.01. The third-order valence-electron chi connectivity index (χ3n) is 2.68. The molecule has 1 aliphatic heterocycles. The highest BCUT2D eigenvalue weighted by Crippen LogP contribution is 2.38. The Labute approximate surface area is 108 Å². The molecule has 1 aromatic heterocycles. The molecule has 18 heavy (non-hydrogen) atoms. The Bertz CT molecular complexity index is 562. The maximum atomic E-state index is 12.2. The van der Waals surface area contributed by atoms with Crippen molar-refractivity contribution in [3.63, 3.8) is 0 Å². The third kappa shape index (κ3) is 2.19. The first kappa shape index (κ1) is 13.2. The van der Waals surface area contributed by atoms with Crippen molar-refractivity contribution >= 4 is 32.0 Å². The largest absolute Gasteiger partial charge is 0.310 e. The van der Waals surface area contributed by atoms with E-state index >= 15 is 0 Å². The molecule has 8 nitrogen and oxygen atoms in total. The predicted octanol–water partition coefficient (Wildman–Crippen LogP) is 0.726. The summed E-state index contributed by atoms with van der Waals surface area (Å²) in [6.07, 6.45) is 1.63. The van der Waals surface area contributed by atoms with Crippen LogP contribution in [-0.2, 0) is 10.0 Å². The van der Waals surface area contributed by atoms with E-state index in [0.29, 0.717) is 13.1 Å². The highest BCUT2D eigenvalue weighted by atomic mass is 32.2. The van der Waals surface area contributed by atoms with Gasteiger partial charge in [0.15, 0.2) is 5.00 Å². The summed E-state index contributed by atoms with van der Waals surface area (Å²) in [6, 6.07) is 1.05. The fourth-order valence-electron chi connectivity index (χ4n) is 1.78. The fraction of sp³-hybridized carbons (Fsp3) is 0.500. The molecule has 1 aromatic rings. The van der Waals surface area contributed by atoms with Crippen LogP contribution in [0.4, 0.5) is 10.7 Å². The Kier molecular flexibility index (Phi) is 3.52. The monoisotopic (exact) mass is 292 g/mol. The fourth-order valence-corrected chi connectivity index (χ4v) is 4.69. The van der Waals surface area contributed by atoms with E-state index in [1.807, 2.05) is 0 Å². The van der Waals surface area contributed by atoms with Crippen LogP contribution in [0, 0.1) is 10.1 Å². The summed E-state index contributed by atoms with van der Waals surface area (Å²) < 4.78 is 25.7. The summed E-state index contributed by atoms with van der Waals surface area (Å²) in [5.41, 5.74) is 1.83. The van der Waals surface area contributed by atoms with Crippen LogP contribution >= 0.6 is 11.3 Å². The van der Waals surface area contributed by atoms with Gasteiger partial charge in [-0.3, -0.25) is 10.1 Å². The van der Waals surface area contributed by atoms with E-state index in [9.17, 15) is 18.5 Å². The van der Waals surface area contributed by atoms with Crippen molar-refractivity contribution in [3.05, 3.63) is 16.2 Å². The minimum absolute atomic E-state index is 0.0396. The Morgan fingerprint density at radius 1 is 1.44 bits per heavy atom. The number of sulfonamides is 1.